The van der Waals surface area contributed by atoms with Crippen molar-refractivity contribution in [2.45, 2.75) is 31.4 Å². The van der Waals surface area contributed by atoms with Crippen molar-refractivity contribution in [1.82, 2.24) is 10.3 Å². The first-order valence-corrected chi connectivity index (χ1v) is 8.32. The number of carbonyl (C=O) groups excluding carboxylic acids is 1. The zero-order chi connectivity index (χ0) is 16.5. The van der Waals surface area contributed by atoms with Crippen molar-refractivity contribution in [2.24, 2.45) is 0 Å². The van der Waals surface area contributed by atoms with Gasteiger partial charge in [0, 0.05) is 24.6 Å². The summed E-state index contributed by atoms with van der Waals surface area (Å²) < 4.78 is 0. The molecule has 24 heavy (non-hydrogen) atoms. The summed E-state index contributed by atoms with van der Waals surface area (Å²) in [6.45, 7) is 0. The van der Waals surface area contributed by atoms with Crippen molar-refractivity contribution in [3.63, 3.8) is 0 Å². The summed E-state index contributed by atoms with van der Waals surface area (Å²) in [5.74, 6) is -0.0232. The van der Waals surface area contributed by atoms with E-state index < -0.39 is 6.10 Å². The van der Waals surface area contributed by atoms with Gasteiger partial charge in [-0.2, -0.15) is 0 Å². The van der Waals surface area contributed by atoms with Crippen molar-refractivity contribution < 1.29 is 9.90 Å². The van der Waals surface area contributed by atoms with Crippen LogP contribution in [-0.2, 0) is 17.6 Å². The van der Waals surface area contributed by atoms with Gasteiger partial charge in [0.05, 0.1) is 12.1 Å². The van der Waals surface area contributed by atoms with E-state index in [-0.39, 0.29) is 11.9 Å². The third kappa shape index (κ3) is 2.81. The van der Waals surface area contributed by atoms with Crippen LogP contribution in [0, 0.1) is 0 Å². The Morgan fingerprint density at radius 3 is 3.00 bits per heavy atom. The molecule has 1 aromatic heterocycles. The maximum atomic E-state index is 12.3. The van der Waals surface area contributed by atoms with Crippen LogP contribution in [0.2, 0.25) is 0 Å². The molecule has 4 nitrogen and oxygen atoms in total. The summed E-state index contributed by atoms with van der Waals surface area (Å²) in [4.78, 5) is 15.5. The number of fused-ring (bicyclic) bond motifs is 2. The number of rotatable bonds is 4. The minimum Gasteiger partial charge on any atom is -0.390 e. The third-order valence-electron chi connectivity index (χ3n) is 4.78. The summed E-state index contributed by atoms with van der Waals surface area (Å²) in [7, 11) is 0. The lowest BCUT2D eigenvalue weighted by molar-refractivity contribution is -0.122. The number of aliphatic hydroxyl groups is 1. The molecule has 0 aliphatic heterocycles. The summed E-state index contributed by atoms with van der Waals surface area (Å²) in [6, 6.07) is 15.8. The second-order valence-corrected chi connectivity index (χ2v) is 6.41. The van der Waals surface area contributed by atoms with Gasteiger partial charge < -0.3 is 15.4 Å². The maximum Gasteiger partial charge on any atom is 0.220 e. The van der Waals surface area contributed by atoms with Crippen LogP contribution in [0.15, 0.2) is 54.7 Å². The van der Waals surface area contributed by atoms with Gasteiger partial charge in [-0.3, -0.25) is 4.79 Å². The van der Waals surface area contributed by atoms with E-state index in [1.54, 1.807) is 0 Å². The quantitative estimate of drug-likeness (QED) is 0.692. The molecule has 0 radical (unpaired) electrons. The monoisotopic (exact) mass is 320 g/mol. The Kier molecular flexibility index (Phi) is 3.82. The summed E-state index contributed by atoms with van der Waals surface area (Å²) >= 11 is 0. The molecular formula is C20H20N2O2. The van der Waals surface area contributed by atoms with Crippen LogP contribution in [0.4, 0.5) is 0 Å². The predicted molar refractivity (Wildman–Crippen MR) is 93.7 cm³/mol. The van der Waals surface area contributed by atoms with Crippen LogP contribution >= 0.6 is 0 Å². The molecular weight excluding hydrogens is 300 g/mol. The molecule has 0 fully saturated rings. The molecule has 3 aromatic rings. The van der Waals surface area contributed by atoms with Gasteiger partial charge in [-0.05, 0) is 46.7 Å². The van der Waals surface area contributed by atoms with E-state index in [9.17, 15) is 9.90 Å². The van der Waals surface area contributed by atoms with E-state index in [1.165, 1.54) is 0 Å². The average Bonchev–Trinajstić information content (AvgIpc) is 3.17. The van der Waals surface area contributed by atoms with Gasteiger partial charge >= 0.3 is 0 Å². The van der Waals surface area contributed by atoms with Crippen molar-refractivity contribution in [1.29, 1.82) is 0 Å². The lowest BCUT2D eigenvalue weighted by Crippen LogP contribution is -2.33. The topological polar surface area (TPSA) is 65.1 Å². The smallest absolute Gasteiger partial charge is 0.220 e. The number of amides is 1. The number of aryl methyl sites for hydroxylation is 1. The molecule has 122 valence electrons. The highest BCUT2D eigenvalue weighted by atomic mass is 16.3. The number of hydrogen-bond donors (Lipinski definition) is 3. The van der Waals surface area contributed by atoms with E-state index in [4.69, 9.17) is 0 Å². The Balaban J connectivity index is 1.40. The van der Waals surface area contributed by atoms with Gasteiger partial charge in [0.2, 0.25) is 5.91 Å². The fourth-order valence-electron chi connectivity index (χ4n) is 3.51. The molecule has 0 unspecified atom stereocenters. The van der Waals surface area contributed by atoms with Crippen molar-refractivity contribution in [2.75, 3.05) is 0 Å². The summed E-state index contributed by atoms with van der Waals surface area (Å²) in [6.07, 6.45) is 3.09. The van der Waals surface area contributed by atoms with Gasteiger partial charge in [0.1, 0.15) is 0 Å². The zero-order valence-corrected chi connectivity index (χ0v) is 13.3. The number of aliphatic hydroxyl groups excluding tert-OH is 1. The van der Waals surface area contributed by atoms with Gasteiger partial charge in [0.15, 0.2) is 0 Å². The molecule has 0 saturated heterocycles. The number of nitrogens with one attached hydrogen (secondary N) is 2. The van der Waals surface area contributed by atoms with E-state index >= 15 is 0 Å². The van der Waals surface area contributed by atoms with E-state index in [0.717, 1.165) is 27.6 Å². The number of benzene rings is 2. The summed E-state index contributed by atoms with van der Waals surface area (Å²) in [5, 5.41) is 14.4. The fraction of sp³-hybridized carbons (Fsp3) is 0.250. The van der Waals surface area contributed by atoms with Crippen LogP contribution in [0.25, 0.3) is 10.9 Å². The summed E-state index contributed by atoms with van der Waals surface area (Å²) in [5.41, 5.74) is 4.40. The van der Waals surface area contributed by atoms with E-state index in [1.807, 2.05) is 48.7 Å². The highest BCUT2D eigenvalue weighted by Crippen LogP contribution is 2.31. The highest BCUT2D eigenvalue weighted by molar-refractivity contribution is 5.80. The first-order chi connectivity index (χ1) is 11.7. The molecule has 0 saturated carbocycles. The molecule has 4 rings (SSSR count). The Hall–Kier alpha value is -2.59. The standard InChI is InChI=1S/C20H20N2O2/c23-18-12-14-3-1-2-4-16(14)20(18)22-19(24)8-6-13-5-7-17-15(11-13)9-10-21-17/h1-5,7,9-11,18,20-21,23H,6,8,12H2,(H,22,24)/t18-,20+/m1/s1. The van der Waals surface area contributed by atoms with Crippen LogP contribution in [0.1, 0.15) is 29.2 Å². The first-order valence-electron chi connectivity index (χ1n) is 8.32. The number of aromatic nitrogens is 1. The molecule has 2 atom stereocenters. The van der Waals surface area contributed by atoms with Crippen molar-refractivity contribution >= 4 is 16.8 Å². The van der Waals surface area contributed by atoms with E-state index in [2.05, 4.69) is 16.4 Å². The number of hydrogen-bond acceptors (Lipinski definition) is 2. The first kappa shape index (κ1) is 15.0. The molecule has 1 heterocycles. The lowest BCUT2D eigenvalue weighted by Gasteiger charge is -2.18. The van der Waals surface area contributed by atoms with Crippen LogP contribution in [0.3, 0.4) is 0 Å². The van der Waals surface area contributed by atoms with Gasteiger partial charge in [0.25, 0.3) is 0 Å². The van der Waals surface area contributed by atoms with E-state index in [0.29, 0.717) is 19.3 Å². The second kappa shape index (κ2) is 6.13. The maximum absolute atomic E-state index is 12.3. The Labute approximate surface area is 140 Å². The number of aromatic amines is 1. The van der Waals surface area contributed by atoms with Gasteiger partial charge in [-0.1, -0.05) is 30.3 Å². The molecule has 4 heteroatoms. The Morgan fingerprint density at radius 1 is 1.21 bits per heavy atom. The van der Waals surface area contributed by atoms with Crippen molar-refractivity contribution in [3.8, 4) is 0 Å². The minimum atomic E-state index is -0.539. The molecule has 1 aliphatic rings. The SMILES string of the molecule is O=C(CCc1ccc2[nH]ccc2c1)N[C@H]1c2ccccc2C[C@H]1O. The normalized spacial score (nSPS) is 19.4. The Morgan fingerprint density at radius 2 is 2.08 bits per heavy atom. The molecule has 1 amide bonds. The Bertz CT molecular complexity index is 884. The van der Waals surface area contributed by atoms with Gasteiger partial charge in [-0.15, -0.1) is 0 Å². The van der Waals surface area contributed by atoms with Crippen LogP contribution < -0.4 is 5.32 Å². The zero-order valence-electron chi connectivity index (χ0n) is 13.3. The number of H-pyrrole nitrogens is 1. The molecule has 3 N–H and O–H groups in total. The number of carbonyl (C=O) groups is 1. The highest BCUT2D eigenvalue weighted by Gasteiger charge is 2.31. The minimum absolute atomic E-state index is 0.0232. The predicted octanol–water partition coefficient (Wildman–Crippen LogP) is 2.88. The average molecular weight is 320 g/mol. The third-order valence-corrected chi connectivity index (χ3v) is 4.78. The molecule has 0 spiro atoms. The van der Waals surface area contributed by atoms with Crippen LogP contribution in [-0.4, -0.2) is 22.1 Å². The fourth-order valence-corrected chi connectivity index (χ4v) is 3.51. The second-order valence-electron chi connectivity index (χ2n) is 6.41. The molecule has 0 bridgehead atoms. The van der Waals surface area contributed by atoms with Crippen LogP contribution in [0.5, 0.6) is 0 Å². The molecule has 1 aliphatic carbocycles. The molecule has 2 aromatic carbocycles. The lowest BCUT2D eigenvalue weighted by atomic mass is 10.1. The van der Waals surface area contributed by atoms with Gasteiger partial charge in [-0.25, -0.2) is 0 Å². The largest absolute Gasteiger partial charge is 0.390 e. The van der Waals surface area contributed by atoms with Crippen molar-refractivity contribution in [3.05, 3.63) is 71.4 Å².